The van der Waals surface area contributed by atoms with Crippen LogP contribution in [0.5, 0.6) is 0 Å². The number of benzene rings is 1. The van der Waals surface area contributed by atoms with E-state index in [9.17, 15) is 0 Å². The van der Waals surface area contributed by atoms with Gasteiger partial charge in [0.25, 0.3) is 0 Å². The summed E-state index contributed by atoms with van der Waals surface area (Å²) in [6.45, 7) is 5.98. The Hall–Kier alpha value is -1.17. The van der Waals surface area contributed by atoms with Crippen molar-refractivity contribution in [1.29, 1.82) is 0 Å². The largest absolute Gasteiger partial charge is 0.350 e. The molecule has 1 fully saturated rings. The van der Waals surface area contributed by atoms with Crippen LogP contribution in [-0.4, -0.2) is 23.7 Å². The molecule has 0 bridgehead atoms. The first kappa shape index (κ1) is 14.2. The fourth-order valence-electron chi connectivity index (χ4n) is 2.05. The Morgan fingerprint density at radius 2 is 1.89 bits per heavy atom. The van der Waals surface area contributed by atoms with Crippen LogP contribution in [0.1, 0.15) is 25.8 Å². The van der Waals surface area contributed by atoms with Gasteiger partial charge in [-0.05, 0) is 45.1 Å². The molecule has 0 spiro atoms. The maximum absolute atomic E-state index is 5.62. The number of anilines is 1. The lowest BCUT2D eigenvalue weighted by Crippen LogP contribution is -2.47. The van der Waals surface area contributed by atoms with Gasteiger partial charge in [-0.25, -0.2) is 0 Å². The Balaban J connectivity index is 1.85. The van der Waals surface area contributed by atoms with Crippen LogP contribution in [0, 0.1) is 6.92 Å². The molecule has 0 aliphatic carbocycles. The highest BCUT2D eigenvalue weighted by Gasteiger charge is 2.25. The number of hydrogen-bond donors (Lipinski definition) is 2. The third-order valence-corrected chi connectivity index (χ3v) is 3.15. The van der Waals surface area contributed by atoms with E-state index in [0.29, 0.717) is 5.11 Å². The molecule has 4 nitrogen and oxygen atoms in total. The van der Waals surface area contributed by atoms with E-state index in [-0.39, 0.29) is 18.6 Å². The quantitative estimate of drug-likeness (QED) is 0.815. The molecule has 1 aromatic rings. The molecule has 3 atom stereocenters. The topological polar surface area (TPSA) is 42.5 Å². The van der Waals surface area contributed by atoms with Crippen molar-refractivity contribution < 1.29 is 9.47 Å². The molecule has 2 N–H and O–H groups in total. The lowest BCUT2D eigenvalue weighted by Gasteiger charge is -2.33. The van der Waals surface area contributed by atoms with Gasteiger partial charge in [-0.15, -0.1) is 0 Å². The van der Waals surface area contributed by atoms with Gasteiger partial charge in [-0.1, -0.05) is 17.7 Å². The number of rotatable bonds is 2. The summed E-state index contributed by atoms with van der Waals surface area (Å²) in [5.41, 5.74) is 2.19. The molecule has 1 aliphatic heterocycles. The molecular weight excluding hydrogens is 260 g/mol. The molecule has 5 heteroatoms. The second-order valence-electron chi connectivity index (χ2n) is 4.84. The van der Waals surface area contributed by atoms with E-state index >= 15 is 0 Å². The zero-order valence-corrected chi connectivity index (χ0v) is 12.3. The minimum absolute atomic E-state index is 0.107. The van der Waals surface area contributed by atoms with E-state index in [1.165, 1.54) is 5.56 Å². The minimum Gasteiger partial charge on any atom is -0.350 e. The maximum atomic E-state index is 5.62. The van der Waals surface area contributed by atoms with Crippen LogP contribution in [0.3, 0.4) is 0 Å². The SMILES string of the molecule is Cc1ccc(NC(=S)N[C@@H]2C[C@H](C)O[C@H](C)O2)cc1. The van der Waals surface area contributed by atoms with Crippen LogP contribution in [0.15, 0.2) is 24.3 Å². The molecule has 1 heterocycles. The van der Waals surface area contributed by atoms with Crippen molar-refractivity contribution in [3.05, 3.63) is 29.8 Å². The fourth-order valence-corrected chi connectivity index (χ4v) is 2.30. The predicted octanol–water partition coefficient (Wildman–Crippen LogP) is 2.78. The molecule has 104 valence electrons. The van der Waals surface area contributed by atoms with Crippen LogP contribution < -0.4 is 10.6 Å². The highest BCUT2D eigenvalue weighted by Crippen LogP contribution is 2.16. The second-order valence-corrected chi connectivity index (χ2v) is 5.25. The van der Waals surface area contributed by atoms with Crippen LogP contribution in [0.25, 0.3) is 0 Å². The molecule has 2 rings (SSSR count). The van der Waals surface area contributed by atoms with E-state index in [0.717, 1.165) is 12.1 Å². The van der Waals surface area contributed by atoms with Crippen molar-refractivity contribution in [2.24, 2.45) is 0 Å². The summed E-state index contributed by atoms with van der Waals surface area (Å²) in [6.07, 6.45) is 0.635. The predicted molar refractivity (Wildman–Crippen MR) is 80.0 cm³/mol. The van der Waals surface area contributed by atoms with Gasteiger partial charge in [0.2, 0.25) is 0 Å². The molecule has 0 amide bonds. The molecular formula is C14H20N2O2S. The fraction of sp³-hybridized carbons (Fsp3) is 0.500. The standard InChI is InChI=1S/C14H20N2O2S/c1-9-4-6-12(7-5-9)15-14(19)16-13-8-10(2)17-11(3)18-13/h4-7,10-11,13H,8H2,1-3H3,(H2,15,16,19)/t10-,11-,13-/m0/s1. The lowest BCUT2D eigenvalue weighted by atomic mass is 10.2. The first-order valence-electron chi connectivity index (χ1n) is 6.48. The first-order chi connectivity index (χ1) is 9.02. The summed E-state index contributed by atoms with van der Waals surface area (Å²) in [5, 5.41) is 6.87. The van der Waals surface area contributed by atoms with Gasteiger partial charge in [-0.3, -0.25) is 0 Å². The number of hydrogen-bond acceptors (Lipinski definition) is 3. The number of aryl methyl sites for hydroxylation is 1. The third kappa shape index (κ3) is 4.45. The average Bonchev–Trinajstić information content (AvgIpc) is 2.30. The van der Waals surface area contributed by atoms with E-state index in [1.807, 2.05) is 38.1 Å². The summed E-state index contributed by atoms with van der Waals surface area (Å²) in [4.78, 5) is 0. The molecule has 1 saturated heterocycles. The van der Waals surface area contributed by atoms with Gasteiger partial charge in [0.15, 0.2) is 11.4 Å². The molecule has 0 saturated carbocycles. The van der Waals surface area contributed by atoms with Crippen LogP contribution in [0.2, 0.25) is 0 Å². The van der Waals surface area contributed by atoms with Gasteiger partial charge < -0.3 is 20.1 Å². The third-order valence-electron chi connectivity index (χ3n) is 2.93. The van der Waals surface area contributed by atoms with E-state index in [1.54, 1.807) is 0 Å². The Bertz CT molecular complexity index is 426. The molecule has 1 aliphatic rings. The van der Waals surface area contributed by atoms with Crippen molar-refractivity contribution in [2.45, 2.75) is 45.8 Å². The van der Waals surface area contributed by atoms with Crippen molar-refractivity contribution in [3.8, 4) is 0 Å². The number of nitrogens with one attached hydrogen (secondary N) is 2. The van der Waals surface area contributed by atoms with Gasteiger partial charge in [-0.2, -0.15) is 0 Å². The summed E-state index contributed by atoms with van der Waals surface area (Å²) in [7, 11) is 0. The van der Waals surface area contributed by atoms with Crippen molar-refractivity contribution in [3.63, 3.8) is 0 Å². The lowest BCUT2D eigenvalue weighted by molar-refractivity contribution is -0.232. The Labute approximate surface area is 119 Å². The van der Waals surface area contributed by atoms with Crippen LogP contribution in [0.4, 0.5) is 5.69 Å². The summed E-state index contributed by atoms with van der Waals surface area (Å²) < 4.78 is 11.1. The van der Waals surface area contributed by atoms with E-state index < -0.39 is 0 Å². The van der Waals surface area contributed by atoms with Gasteiger partial charge >= 0.3 is 0 Å². The minimum atomic E-state index is -0.205. The zero-order valence-electron chi connectivity index (χ0n) is 11.5. The molecule has 19 heavy (non-hydrogen) atoms. The summed E-state index contributed by atoms with van der Waals surface area (Å²) in [6, 6.07) is 8.08. The molecule has 1 aromatic carbocycles. The molecule has 0 radical (unpaired) electrons. The summed E-state index contributed by atoms with van der Waals surface area (Å²) in [5.74, 6) is 0. The average molecular weight is 280 g/mol. The Morgan fingerprint density at radius 1 is 1.21 bits per heavy atom. The molecule has 0 aromatic heterocycles. The van der Waals surface area contributed by atoms with Crippen molar-refractivity contribution in [2.75, 3.05) is 5.32 Å². The normalized spacial score (nSPS) is 26.8. The second kappa shape index (κ2) is 6.32. The molecule has 0 unspecified atom stereocenters. The van der Waals surface area contributed by atoms with Crippen LogP contribution in [-0.2, 0) is 9.47 Å². The number of ether oxygens (including phenoxy) is 2. The smallest absolute Gasteiger partial charge is 0.172 e. The van der Waals surface area contributed by atoms with Crippen molar-refractivity contribution in [1.82, 2.24) is 5.32 Å². The van der Waals surface area contributed by atoms with Gasteiger partial charge in [0.05, 0.1) is 6.10 Å². The van der Waals surface area contributed by atoms with Crippen LogP contribution >= 0.6 is 12.2 Å². The Kier molecular flexibility index (Phi) is 4.74. The van der Waals surface area contributed by atoms with Gasteiger partial charge in [0, 0.05) is 12.1 Å². The monoisotopic (exact) mass is 280 g/mol. The van der Waals surface area contributed by atoms with E-state index in [2.05, 4.69) is 17.6 Å². The number of thiocarbonyl (C=S) groups is 1. The summed E-state index contributed by atoms with van der Waals surface area (Å²) >= 11 is 5.28. The van der Waals surface area contributed by atoms with Gasteiger partial charge in [0.1, 0.15) is 6.23 Å². The Morgan fingerprint density at radius 3 is 2.53 bits per heavy atom. The van der Waals surface area contributed by atoms with E-state index in [4.69, 9.17) is 21.7 Å². The van der Waals surface area contributed by atoms with Crippen molar-refractivity contribution >= 4 is 23.0 Å². The maximum Gasteiger partial charge on any atom is 0.172 e. The highest BCUT2D eigenvalue weighted by atomic mass is 32.1. The first-order valence-corrected chi connectivity index (χ1v) is 6.89. The highest BCUT2D eigenvalue weighted by molar-refractivity contribution is 7.80. The zero-order chi connectivity index (χ0) is 13.8.